The van der Waals surface area contributed by atoms with Crippen LogP contribution in [0.15, 0.2) is 0 Å². The van der Waals surface area contributed by atoms with E-state index in [-0.39, 0.29) is 0 Å². The molecule has 0 unspecified atom stereocenters. The third-order valence-electron chi connectivity index (χ3n) is 0.0855. The molecule has 0 heterocycles. The monoisotopic (exact) mass is 76.0 g/mol. The smallest absolute Gasteiger partial charge is 0.453 e. The number of rotatable bonds is 0. The Hall–Kier alpha value is -0.770. The van der Waals surface area contributed by atoms with Gasteiger partial charge < -0.3 is 5.11 Å². The van der Waals surface area contributed by atoms with E-state index < -0.39 is 6.09 Å². The van der Waals surface area contributed by atoms with Crippen LogP contribution in [0.1, 0.15) is 0 Å². The molecular weight excluding hydrogens is 74.0 g/mol. The molecule has 1 amide bonds. The van der Waals surface area contributed by atoms with Gasteiger partial charge in [0, 0.05) is 0 Å². The molecule has 4 nitrogen and oxygen atoms in total. The highest BCUT2D eigenvalue weighted by Gasteiger charge is 1.84. The van der Waals surface area contributed by atoms with E-state index in [9.17, 15) is 0 Å². The Kier molecular flexibility index (Phi) is 1.30. The summed E-state index contributed by atoms with van der Waals surface area (Å²) >= 11 is 0. The molecule has 0 aliphatic heterocycles. The van der Waals surface area contributed by atoms with Gasteiger partial charge in [0.25, 0.3) is 0 Å². The topological polar surface area (TPSA) is 71.6 Å². The number of hydroxylamine groups is 1. The van der Waals surface area contributed by atoms with Crippen molar-refractivity contribution in [3.63, 3.8) is 0 Å². The first-order chi connectivity index (χ1) is 2.27. The molecule has 0 aromatic heterocycles. The second-order valence-corrected chi connectivity index (χ2v) is 0.383. The summed E-state index contributed by atoms with van der Waals surface area (Å²) < 4.78 is 0. The van der Waals surface area contributed by atoms with E-state index in [1.807, 2.05) is 0 Å². The van der Waals surface area contributed by atoms with Crippen LogP contribution >= 0.6 is 0 Å². The highest BCUT2D eigenvalue weighted by molar-refractivity contribution is 5.62. The second kappa shape index (κ2) is 1.54. The van der Waals surface area contributed by atoms with Crippen LogP contribution in [0.2, 0.25) is 0 Å². The first kappa shape index (κ1) is 4.23. The van der Waals surface area contributed by atoms with Crippen molar-refractivity contribution in [2.75, 3.05) is 0 Å². The zero-order chi connectivity index (χ0) is 4.28. The molecule has 0 atom stereocenters. The van der Waals surface area contributed by atoms with Gasteiger partial charge >= 0.3 is 6.09 Å². The molecule has 0 aromatic carbocycles. The number of carbonyl (C=O) groups is 1. The summed E-state index contributed by atoms with van der Waals surface area (Å²) in [6.45, 7) is 0. The molecule has 0 saturated heterocycles. The Bertz CT molecular complexity index is 42.2. The maximum Gasteiger partial charge on any atom is 0.453 e. The number of hydrogen-bond acceptors (Lipinski definition) is 2. The zero-order valence-corrected chi connectivity index (χ0v) is 2.25. The van der Waals surface area contributed by atoms with Crippen LogP contribution < -0.4 is 5.48 Å². The van der Waals surface area contributed by atoms with Gasteiger partial charge in [0.2, 0.25) is 0 Å². The number of amides is 1. The van der Waals surface area contributed by atoms with E-state index in [4.69, 9.17) is 15.1 Å². The SMILES string of the molecule is O=C(O)[N]O. The fourth-order valence-corrected chi connectivity index (χ4v) is 0. The van der Waals surface area contributed by atoms with Crippen LogP contribution in [-0.4, -0.2) is 16.4 Å². The molecule has 5 heavy (non-hydrogen) atoms. The maximum absolute atomic E-state index is 8.95. The van der Waals surface area contributed by atoms with Crippen LogP contribution in [0.25, 0.3) is 0 Å². The van der Waals surface area contributed by atoms with Gasteiger partial charge in [-0.1, -0.05) is 5.48 Å². The van der Waals surface area contributed by atoms with Gasteiger partial charge in [-0.25, -0.2) is 4.79 Å². The van der Waals surface area contributed by atoms with Gasteiger partial charge in [0.1, 0.15) is 0 Å². The normalized spacial score (nSPS) is 6.60. The van der Waals surface area contributed by atoms with Gasteiger partial charge in [-0.3, -0.25) is 5.21 Å². The standard InChI is InChI=1S/CH2NO3/c3-1(4)2-5/h5H,(H,3,4). The molecule has 0 aromatic rings. The molecule has 0 aliphatic rings. The molecule has 0 aliphatic carbocycles. The lowest BCUT2D eigenvalue weighted by atomic mass is 11.3. The fraction of sp³-hybridized carbons (Fsp3) is 0. The van der Waals surface area contributed by atoms with Crippen molar-refractivity contribution < 1.29 is 15.1 Å². The molecule has 0 saturated carbocycles. The van der Waals surface area contributed by atoms with Gasteiger partial charge in [0.05, 0.1) is 0 Å². The van der Waals surface area contributed by atoms with Crippen LogP contribution in [0.4, 0.5) is 4.79 Å². The molecule has 2 N–H and O–H groups in total. The minimum atomic E-state index is -1.56. The third kappa shape index (κ3) is 3.23. The summed E-state index contributed by atoms with van der Waals surface area (Å²) in [6, 6.07) is 0. The minimum Gasteiger partial charge on any atom is -0.462 e. The predicted octanol–water partition coefficient (Wildman–Crippen LogP) is -0.342. The summed E-state index contributed by atoms with van der Waals surface area (Å²) in [5.74, 6) is 0. The fourth-order valence-electron chi connectivity index (χ4n) is 0. The molecule has 0 fully saturated rings. The lowest BCUT2D eigenvalue weighted by Gasteiger charge is -1.71. The summed E-state index contributed by atoms with van der Waals surface area (Å²) in [4.78, 5) is 8.95. The Labute approximate surface area is 28.0 Å². The van der Waals surface area contributed by atoms with Crippen molar-refractivity contribution in [2.45, 2.75) is 0 Å². The van der Waals surface area contributed by atoms with Crippen molar-refractivity contribution in [1.29, 1.82) is 0 Å². The van der Waals surface area contributed by atoms with Crippen LogP contribution in [0.5, 0.6) is 0 Å². The molecule has 4 heteroatoms. The molecule has 0 spiro atoms. The number of carboxylic acid groups (broad SMARTS) is 1. The van der Waals surface area contributed by atoms with Gasteiger partial charge in [-0.05, 0) is 0 Å². The average Bonchev–Trinajstić information content (AvgIpc) is 1.38. The highest BCUT2D eigenvalue weighted by atomic mass is 16.5. The van der Waals surface area contributed by atoms with E-state index in [2.05, 4.69) is 0 Å². The molecule has 0 rings (SSSR count). The van der Waals surface area contributed by atoms with E-state index in [0.29, 0.717) is 0 Å². The first-order valence-electron chi connectivity index (χ1n) is 0.851. The van der Waals surface area contributed by atoms with E-state index in [0.717, 1.165) is 0 Å². The van der Waals surface area contributed by atoms with Crippen molar-refractivity contribution in [3.05, 3.63) is 0 Å². The van der Waals surface area contributed by atoms with Crippen LogP contribution in [0, 0.1) is 0 Å². The summed E-state index contributed by atoms with van der Waals surface area (Å²) in [5.41, 5.74) is 1.81. The highest BCUT2D eigenvalue weighted by Crippen LogP contribution is 1.49. The molecule has 1 radical (unpaired) electrons. The Balaban J connectivity index is 2.85. The average molecular weight is 76.0 g/mol. The van der Waals surface area contributed by atoms with E-state index >= 15 is 0 Å². The van der Waals surface area contributed by atoms with Crippen molar-refractivity contribution in [2.24, 2.45) is 0 Å². The maximum atomic E-state index is 8.95. The largest absolute Gasteiger partial charge is 0.462 e. The number of hydrogen-bond donors (Lipinski definition) is 2. The molecule has 29 valence electrons. The Morgan fingerprint density at radius 2 is 2.00 bits per heavy atom. The number of nitrogens with zero attached hydrogens (tertiary/aromatic N) is 1. The first-order valence-corrected chi connectivity index (χ1v) is 0.851. The van der Waals surface area contributed by atoms with Gasteiger partial charge in [0.15, 0.2) is 0 Å². The van der Waals surface area contributed by atoms with Crippen molar-refractivity contribution >= 4 is 6.09 Å². The van der Waals surface area contributed by atoms with E-state index in [1.54, 1.807) is 5.48 Å². The summed E-state index contributed by atoms with van der Waals surface area (Å²) in [7, 11) is 0. The summed E-state index contributed by atoms with van der Waals surface area (Å²) in [5, 5.41) is 14.5. The Morgan fingerprint density at radius 3 is 2.00 bits per heavy atom. The van der Waals surface area contributed by atoms with Crippen LogP contribution in [0.3, 0.4) is 0 Å². The van der Waals surface area contributed by atoms with Crippen LogP contribution in [-0.2, 0) is 0 Å². The third-order valence-corrected chi connectivity index (χ3v) is 0.0855. The lowest BCUT2D eigenvalue weighted by Crippen LogP contribution is -2.05. The lowest BCUT2D eigenvalue weighted by molar-refractivity contribution is 0.116. The molecular formula is CH2NO3. The second-order valence-electron chi connectivity index (χ2n) is 0.383. The zero-order valence-electron chi connectivity index (χ0n) is 2.25. The van der Waals surface area contributed by atoms with Gasteiger partial charge in [-0.15, -0.1) is 0 Å². The van der Waals surface area contributed by atoms with Crippen molar-refractivity contribution in [3.8, 4) is 0 Å². The van der Waals surface area contributed by atoms with Gasteiger partial charge in [-0.2, -0.15) is 0 Å². The minimum absolute atomic E-state index is 1.56. The van der Waals surface area contributed by atoms with E-state index in [1.165, 1.54) is 0 Å². The summed E-state index contributed by atoms with van der Waals surface area (Å²) in [6.07, 6.45) is -1.56. The Morgan fingerprint density at radius 1 is 1.80 bits per heavy atom. The quantitative estimate of drug-likeness (QED) is 0.306. The van der Waals surface area contributed by atoms with Crippen molar-refractivity contribution in [1.82, 2.24) is 5.48 Å². The predicted molar refractivity (Wildman–Crippen MR) is 11.9 cm³/mol. The molecule has 0 bridgehead atoms.